The Bertz CT molecular complexity index is 965. The molecule has 0 aliphatic heterocycles. The molecule has 0 saturated heterocycles. The first-order valence-electron chi connectivity index (χ1n) is 10.1. The van der Waals surface area contributed by atoms with E-state index in [2.05, 4.69) is 5.32 Å². The summed E-state index contributed by atoms with van der Waals surface area (Å²) in [5, 5.41) is 29.3. The second-order valence-electron chi connectivity index (χ2n) is 7.08. The number of amides is 1. The van der Waals surface area contributed by atoms with Crippen LogP contribution in [0.1, 0.15) is 37.0 Å². The molecule has 0 spiro atoms. The van der Waals surface area contributed by atoms with Gasteiger partial charge in [0, 0.05) is 11.8 Å². The third-order valence-corrected chi connectivity index (χ3v) is 4.61. The maximum atomic E-state index is 12.6. The Morgan fingerprint density at radius 3 is 2.62 bits per heavy atom. The Labute approximate surface area is 186 Å². The molecule has 2 aromatic rings. The van der Waals surface area contributed by atoms with Crippen LogP contribution in [-0.4, -0.2) is 35.5 Å². The number of carbonyl (C=O) groups excluding carboxylic acids is 1. The van der Waals surface area contributed by atoms with Gasteiger partial charge in [0.25, 0.3) is 0 Å². The number of hydrogen-bond donors (Lipinski definition) is 3. The standard InChI is InChI=1S/C24H26N2O6/c1-17(5-2-3-8-22(28)29)23(19-6-4-7-21(15-19)31-14-13-27)32-24(30)26-20-11-9-18(16-25)10-12-20/h3-4,6-12,15,17,23,27H,2,5,13-14H2,1H3,(H,26,30)(H,28,29)/b8-3+/t17-,23+/m0/s1. The van der Waals surface area contributed by atoms with Gasteiger partial charge in [-0.05, 0) is 60.7 Å². The average Bonchev–Trinajstić information content (AvgIpc) is 2.79. The van der Waals surface area contributed by atoms with E-state index in [0.717, 1.165) is 6.08 Å². The zero-order valence-corrected chi connectivity index (χ0v) is 17.7. The molecule has 2 aromatic carbocycles. The fourth-order valence-corrected chi connectivity index (χ4v) is 3.04. The number of aliphatic carboxylic acids is 1. The summed E-state index contributed by atoms with van der Waals surface area (Å²) in [4.78, 5) is 23.2. The van der Waals surface area contributed by atoms with E-state index in [1.165, 1.54) is 0 Å². The number of hydrogen-bond acceptors (Lipinski definition) is 6. The minimum atomic E-state index is -1.01. The van der Waals surface area contributed by atoms with Gasteiger partial charge in [-0.1, -0.05) is 25.1 Å². The number of nitriles is 1. The van der Waals surface area contributed by atoms with Crippen molar-refractivity contribution in [3.8, 4) is 11.8 Å². The summed E-state index contributed by atoms with van der Waals surface area (Å²) in [5.41, 5.74) is 1.68. The minimum Gasteiger partial charge on any atom is -0.491 e. The van der Waals surface area contributed by atoms with E-state index in [1.807, 2.05) is 19.1 Å². The summed E-state index contributed by atoms with van der Waals surface area (Å²) in [6, 6.07) is 15.5. The van der Waals surface area contributed by atoms with Gasteiger partial charge in [-0.15, -0.1) is 0 Å². The number of aliphatic hydroxyl groups excluding tert-OH is 1. The van der Waals surface area contributed by atoms with Crippen molar-refractivity contribution in [2.75, 3.05) is 18.5 Å². The number of benzene rings is 2. The zero-order valence-electron chi connectivity index (χ0n) is 17.7. The third kappa shape index (κ3) is 8.13. The molecule has 1 amide bonds. The topological polar surface area (TPSA) is 129 Å². The molecule has 0 aliphatic rings. The van der Waals surface area contributed by atoms with Crippen molar-refractivity contribution in [2.24, 2.45) is 5.92 Å². The van der Waals surface area contributed by atoms with Crippen molar-refractivity contribution >= 4 is 17.7 Å². The predicted molar refractivity (Wildman–Crippen MR) is 118 cm³/mol. The Hall–Kier alpha value is -3.83. The van der Waals surface area contributed by atoms with Crippen molar-refractivity contribution in [3.05, 3.63) is 71.8 Å². The van der Waals surface area contributed by atoms with Crippen LogP contribution in [0.5, 0.6) is 5.75 Å². The fraction of sp³-hybridized carbons (Fsp3) is 0.292. The van der Waals surface area contributed by atoms with Gasteiger partial charge in [0.1, 0.15) is 18.5 Å². The van der Waals surface area contributed by atoms with E-state index in [1.54, 1.807) is 48.5 Å². The van der Waals surface area contributed by atoms with Crippen molar-refractivity contribution < 1.29 is 29.3 Å². The van der Waals surface area contributed by atoms with Gasteiger partial charge in [-0.2, -0.15) is 5.26 Å². The van der Waals surface area contributed by atoms with Crippen molar-refractivity contribution in [1.82, 2.24) is 0 Å². The third-order valence-electron chi connectivity index (χ3n) is 4.61. The lowest BCUT2D eigenvalue weighted by Gasteiger charge is -2.25. The van der Waals surface area contributed by atoms with Gasteiger partial charge >= 0.3 is 12.1 Å². The number of anilines is 1. The Balaban J connectivity index is 2.15. The number of carboxylic acids is 1. The smallest absolute Gasteiger partial charge is 0.412 e. The fourth-order valence-electron chi connectivity index (χ4n) is 3.04. The Morgan fingerprint density at radius 2 is 1.97 bits per heavy atom. The van der Waals surface area contributed by atoms with Gasteiger partial charge in [0.15, 0.2) is 0 Å². The predicted octanol–water partition coefficient (Wildman–Crippen LogP) is 4.28. The first kappa shape index (κ1) is 24.4. The first-order valence-corrected chi connectivity index (χ1v) is 10.1. The summed E-state index contributed by atoms with van der Waals surface area (Å²) in [6.07, 6.45) is 2.46. The monoisotopic (exact) mass is 438 g/mol. The highest BCUT2D eigenvalue weighted by atomic mass is 16.6. The maximum Gasteiger partial charge on any atom is 0.412 e. The van der Waals surface area contributed by atoms with Crippen LogP contribution in [0.15, 0.2) is 60.7 Å². The molecule has 2 rings (SSSR count). The highest BCUT2D eigenvalue weighted by Crippen LogP contribution is 2.32. The number of nitrogens with one attached hydrogen (secondary N) is 1. The summed E-state index contributed by atoms with van der Waals surface area (Å²) in [7, 11) is 0. The molecule has 3 N–H and O–H groups in total. The van der Waals surface area contributed by atoms with Crippen LogP contribution in [0.3, 0.4) is 0 Å². The van der Waals surface area contributed by atoms with E-state index >= 15 is 0 Å². The molecule has 0 saturated carbocycles. The molecule has 0 aliphatic carbocycles. The number of ether oxygens (including phenoxy) is 2. The molecule has 0 radical (unpaired) electrons. The van der Waals surface area contributed by atoms with Crippen LogP contribution < -0.4 is 10.1 Å². The van der Waals surface area contributed by atoms with E-state index < -0.39 is 18.2 Å². The first-order chi connectivity index (χ1) is 15.4. The lowest BCUT2D eigenvalue weighted by molar-refractivity contribution is -0.131. The zero-order chi connectivity index (χ0) is 23.3. The van der Waals surface area contributed by atoms with Crippen molar-refractivity contribution in [1.29, 1.82) is 5.26 Å². The number of rotatable bonds is 11. The SMILES string of the molecule is C[C@@H](CC/C=C/C(=O)O)[C@@H](OC(=O)Nc1ccc(C#N)cc1)c1cccc(OCCO)c1. The number of carboxylic acid groups (broad SMARTS) is 1. The number of nitrogens with zero attached hydrogens (tertiary/aromatic N) is 1. The number of carbonyl (C=O) groups is 2. The van der Waals surface area contributed by atoms with Crippen molar-refractivity contribution in [3.63, 3.8) is 0 Å². The van der Waals surface area contributed by atoms with Gasteiger partial charge in [-0.25, -0.2) is 9.59 Å². The van der Waals surface area contributed by atoms with Crippen LogP contribution >= 0.6 is 0 Å². The summed E-state index contributed by atoms with van der Waals surface area (Å²) in [6.45, 7) is 1.93. The van der Waals surface area contributed by atoms with Crippen LogP contribution in [0.4, 0.5) is 10.5 Å². The Kier molecular flexibility index (Phi) is 9.75. The molecule has 0 bridgehead atoms. The van der Waals surface area contributed by atoms with Crippen LogP contribution in [0, 0.1) is 17.2 Å². The molecule has 0 fully saturated rings. The van der Waals surface area contributed by atoms with E-state index in [4.69, 9.17) is 24.9 Å². The van der Waals surface area contributed by atoms with Gasteiger partial charge in [0.2, 0.25) is 0 Å². The van der Waals surface area contributed by atoms with E-state index in [0.29, 0.717) is 35.4 Å². The van der Waals surface area contributed by atoms with Crippen LogP contribution in [0.25, 0.3) is 0 Å². The quantitative estimate of drug-likeness (QED) is 0.447. The van der Waals surface area contributed by atoms with Crippen LogP contribution in [0.2, 0.25) is 0 Å². The summed E-state index contributed by atoms with van der Waals surface area (Å²) >= 11 is 0. The normalized spacial score (nSPS) is 12.5. The molecule has 0 heterocycles. The molecule has 8 nitrogen and oxygen atoms in total. The number of aliphatic hydroxyl groups is 1. The maximum absolute atomic E-state index is 12.6. The van der Waals surface area contributed by atoms with Gasteiger partial charge < -0.3 is 19.7 Å². The van der Waals surface area contributed by atoms with Crippen molar-refractivity contribution in [2.45, 2.75) is 25.9 Å². The van der Waals surface area contributed by atoms with E-state index in [9.17, 15) is 9.59 Å². The summed E-state index contributed by atoms with van der Waals surface area (Å²) < 4.78 is 11.2. The van der Waals surface area contributed by atoms with E-state index in [-0.39, 0.29) is 19.1 Å². The lowest BCUT2D eigenvalue weighted by atomic mass is 9.93. The largest absolute Gasteiger partial charge is 0.491 e. The highest BCUT2D eigenvalue weighted by molar-refractivity contribution is 5.84. The van der Waals surface area contributed by atoms with Gasteiger partial charge in [0.05, 0.1) is 18.2 Å². The summed E-state index contributed by atoms with van der Waals surface area (Å²) in [5.74, 6) is -0.607. The molecular weight excluding hydrogens is 412 g/mol. The highest BCUT2D eigenvalue weighted by Gasteiger charge is 2.24. The van der Waals surface area contributed by atoms with Gasteiger partial charge in [-0.3, -0.25) is 5.32 Å². The van der Waals surface area contributed by atoms with Crippen LogP contribution in [-0.2, 0) is 9.53 Å². The minimum absolute atomic E-state index is 0.122. The molecule has 8 heteroatoms. The molecule has 0 aromatic heterocycles. The second kappa shape index (κ2) is 12.8. The molecule has 168 valence electrons. The molecule has 32 heavy (non-hydrogen) atoms. The number of allylic oxidation sites excluding steroid dienone is 1. The molecular formula is C24H26N2O6. The molecule has 2 atom stereocenters. The second-order valence-corrected chi connectivity index (χ2v) is 7.08. The lowest BCUT2D eigenvalue weighted by Crippen LogP contribution is -2.22. The Morgan fingerprint density at radius 1 is 1.22 bits per heavy atom. The average molecular weight is 438 g/mol. The molecule has 0 unspecified atom stereocenters.